The van der Waals surface area contributed by atoms with Crippen LogP contribution in [-0.2, 0) is 9.47 Å². The average molecular weight is 337 g/mol. The van der Waals surface area contributed by atoms with E-state index in [0.717, 1.165) is 13.1 Å². The van der Waals surface area contributed by atoms with Gasteiger partial charge in [-0.2, -0.15) is 4.67 Å². The Hall–Kier alpha value is 0.660. The molecule has 0 spiro atoms. The van der Waals surface area contributed by atoms with Gasteiger partial charge in [-0.05, 0) is 13.8 Å². The summed E-state index contributed by atoms with van der Waals surface area (Å²) in [5.74, 6) is 1.61. The smallest absolute Gasteiger partial charge is 0.200 e. The summed E-state index contributed by atoms with van der Waals surface area (Å²) in [4.78, 5) is 0. The molecule has 1 fully saturated rings. The van der Waals surface area contributed by atoms with E-state index < -0.39 is 6.62 Å². The van der Waals surface area contributed by atoms with Crippen LogP contribution in [0.3, 0.4) is 0 Å². The average Bonchev–Trinajstić information content (AvgIpc) is 2.38. The van der Waals surface area contributed by atoms with Crippen molar-refractivity contribution in [3.8, 4) is 0 Å². The molecule has 1 rings (SSSR count). The van der Waals surface area contributed by atoms with Gasteiger partial charge in [-0.25, -0.2) is 0 Å². The second-order valence-corrected chi connectivity index (χ2v) is 11.9. The van der Waals surface area contributed by atoms with Gasteiger partial charge in [0.05, 0.1) is 0 Å². The highest BCUT2D eigenvalue weighted by atomic mass is 32.7. The number of nitrogens with zero attached hydrogens (tertiary/aromatic N) is 1. The Morgan fingerprint density at radius 3 is 1.48 bits per heavy atom. The molecule has 1 saturated heterocycles. The van der Waals surface area contributed by atoms with Crippen LogP contribution in [0, 0.1) is 17.8 Å². The molecule has 2 atom stereocenters. The number of ether oxygens (including phenoxy) is 2. The fourth-order valence-corrected chi connectivity index (χ4v) is 10.0. The molecular formula is C16H35NO2PS+. The number of hydrogen-bond acceptors (Lipinski definition) is 4. The van der Waals surface area contributed by atoms with Crippen LogP contribution in [0.1, 0.15) is 55.4 Å². The topological polar surface area (TPSA) is 21.7 Å². The van der Waals surface area contributed by atoms with Gasteiger partial charge in [0, 0.05) is 43.1 Å². The summed E-state index contributed by atoms with van der Waals surface area (Å²) in [5, 5.41) is 0. The van der Waals surface area contributed by atoms with Crippen molar-refractivity contribution in [2.24, 2.45) is 17.8 Å². The highest BCUT2D eigenvalue weighted by Gasteiger charge is 2.62. The van der Waals surface area contributed by atoms with Crippen LogP contribution >= 0.6 is 18.9 Å². The van der Waals surface area contributed by atoms with Crippen LogP contribution in [0.2, 0.25) is 0 Å². The molecule has 0 aliphatic carbocycles. The maximum absolute atomic E-state index is 6.40. The van der Waals surface area contributed by atoms with Crippen molar-refractivity contribution >= 4 is 18.9 Å². The molecule has 0 aromatic carbocycles. The van der Waals surface area contributed by atoms with Crippen LogP contribution < -0.4 is 0 Å². The third-order valence-corrected chi connectivity index (χ3v) is 10.7. The molecule has 3 nitrogen and oxygen atoms in total. The van der Waals surface area contributed by atoms with E-state index in [1.807, 2.05) is 0 Å². The number of rotatable bonds is 6. The molecule has 0 amide bonds. The Balaban J connectivity index is 3.25. The molecular weight excluding hydrogens is 301 g/mol. The van der Waals surface area contributed by atoms with E-state index in [2.05, 4.69) is 60.1 Å². The molecule has 0 aromatic rings. The predicted octanol–water partition coefficient (Wildman–Crippen LogP) is 5.10. The zero-order valence-electron chi connectivity index (χ0n) is 15.0. The van der Waals surface area contributed by atoms with Gasteiger partial charge >= 0.3 is 0 Å². The van der Waals surface area contributed by atoms with Crippen LogP contribution in [0.15, 0.2) is 0 Å². The lowest BCUT2D eigenvalue weighted by Gasteiger charge is -2.49. The lowest BCUT2D eigenvalue weighted by atomic mass is 10.2. The van der Waals surface area contributed by atoms with E-state index in [9.17, 15) is 0 Å². The summed E-state index contributed by atoms with van der Waals surface area (Å²) in [6.07, 6.45) is -0.111. The first-order chi connectivity index (χ1) is 9.69. The zero-order chi connectivity index (χ0) is 16.4. The molecule has 126 valence electrons. The van der Waals surface area contributed by atoms with Gasteiger partial charge in [-0.3, -0.25) is 0 Å². The van der Waals surface area contributed by atoms with Gasteiger partial charge in [0.1, 0.15) is 0 Å². The summed E-state index contributed by atoms with van der Waals surface area (Å²) >= 11 is 5.27. The van der Waals surface area contributed by atoms with Crippen LogP contribution in [-0.4, -0.2) is 35.7 Å². The Morgan fingerprint density at radius 1 is 0.857 bits per heavy atom. The SMILES string of the molecule is CCN(CC)[P+]1(S)C(C(C)C)OC(C(C)C)OC1C(C)C. The van der Waals surface area contributed by atoms with Crippen LogP contribution in [0.5, 0.6) is 0 Å². The normalized spacial score (nSPS) is 34.4. The summed E-state index contributed by atoms with van der Waals surface area (Å²) in [6, 6.07) is 0. The Morgan fingerprint density at radius 2 is 1.24 bits per heavy atom. The molecule has 1 heterocycles. The van der Waals surface area contributed by atoms with Crippen molar-refractivity contribution in [2.45, 2.75) is 73.4 Å². The fourth-order valence-electron chi connectivity index (χ4n) is 3.14. The van der Waals surface area contributed by atoms with Crippen molar-refractivity contribution < 1.29 is 9.47 Å². The largest absolute Gasteiger partial charge is 0.311 e. The molecule has 1 aliphatic rings. The maximum Gasteiger partial charge on any atom is 0.200 e. The first kappa shape index (κ1) is 19.7. The standard InChI is InChI=1S/C16H35NO2PS/c1-9-17(10-2)20(21)15(12(5)6)18-14(11(3)4)19-16(20)13(7)8/h11-16,21H,9-10H2,1-8H3/q+1. The summed E-state index contributed by atoms with van der Waals surface area (Å²) in [6.45, 7) is 18.0. The van der Waals surface area contributed by atoms with Gasteiger partial charge in [-0.1, -0.05) is 41.5 Å². The van der Waals surface area contributed by atoms with E-state index >= 15 is 0 Å². The summed E-state index contributed by atoms with van der Waals surface area (Å²) in [7, 11) is 0. The quantitative estimate of drug-likeness (QED) is 0.539. The molecule has 0 saturated carbocycles. The van der Waals surface area contributed by atoms with Crippen LogP contribution in [0.4, 0.5) is 0 Å². The van der Waals surface area contributed by atoms with E-state index in [1.165, 1.54) is 0 Å². The monoisotopic (exact) mass is 336 g/mol. The van der Waals surface area contributed by atoms with Gasteiger partial charge in [0.25, 0.3) is 0 Å². The summed E-state index contributed by atoms with van der Waals surface area (Å²) < 4.78 is 15.3. The minimum absolute atomic E-state index is 0.111. The third kappa shape index (κ3) is 3.95. The van der Waals surface area contributed by atoms with Crippen LogP contribution in [0.25, 0.3) is 0 Å². The Labute approximate surface area is 137 Å². The molecule has 0 radical (unpaired) electrons. The fraction of sp³-hybridized carbons (Fsp3) is 1.00. The second-order valence-electron chi connectivity index (χ2n) is 6.99. The van der Waals surface area contributed by atoms with Gasteiger partial charge in [0.2, 0.25) is 11.7 Å². The lowest BCUT2D eigenvalue weighted by molar-refractivity contribution is -0.215. The van der Waals surface area contributed by atoms with E-state index in [-0.39, 0.29) is 18.0 Å². The Kier molecular flexibility index (Phi) is 7.48. The van der Waals surface area contributed by atoms with E-state index in [1.54, 1.807) is 0 Å². The van der Waals surface area contributed by atoms with Crippen molar-refractivity contribution in [3.63, 3.8) is 0 Å². The first-order valence-corrected chi connectivity index (χ1v) is 11.4. The van der Waals surface area contributed by atoms with Gasteiger partial charge < -0.3 is 9.47 Å². The minimum Gasteiger partial charge on any atom is -0.311 e. The predicted molar refractivity (Wildman–Crippen MR) is 96.9 cm³/mol. The van der Waals surface area contributed by atoms with Crippen molar-refractivity contribution in [1.29, 1.82) is 0 Å². The summed E-state index contributed by atoms with van der Waals surface area (Å²) in [5.41, 5.74) is 0. The first-order valence-electron chi connectivity index (χ1n) is 8.37. The maximum atomic E-state index is 6.40. The van der Waals surface area contributed by atoms with Gasteiger partial charge in [-0.15, -0.1) is 0 Å². The molecule has 5 heteroatoms. The minimum atomic E-state index is -1.80. The molecule has 21 heavy (non-hydrogen) atoms. The van der Waals surface area contributed by atoms with E-state index in [0.29, 0.717) is 17.8 Å². The molecule has 0 bridgehead atoms. The Bertz CT molecular complexity index is 303. The van der Waals surface area contributed by atoms with Crippen molar-refractivity contribution in [3.05, 3.63) is 0 Å². The number of hydrogen-bond donors (Lipinski definition) is 1. The molecule has 2 unspecified atom stereocenters. The molecule has 0 N–H and O–H groups in total. The lowest BCUT2D eigenvalue weighted by Crippen LogP contribution is -2.50. The van der Waals surface area contributed by atoms with Crippen molar-refractivity contribution in [1.82, 2.24) is 4.67 Å². The third-order valence-electron chi connectivity index (χ3n) is 4.16. The highest BCUT2D eigenvalue weighted by Crippen LogP contribution is 2.78. The van der Waals surface area contributed by atoms with E-state index in [4.69, 9.17) is 21.7 Å². The van der Waals surface area contributed by atoms with Crippen molar-refractivity contribution in [2.75, 3.05) is 13.1 Å². The van der Waals surface area contributed by atoms with Gasteiger partial charge in [0.15, 0.2) is 12.9 Å². The second kappa shape index (κ2) is 7.97. The zero-order valence-corrected chi connectivity index (χ0v) is 16.8. The molecule has 0 aromatic heterocycles. The molecule has 1 aliphatic heterocycles. The highest BCUT2D eigenvalue weighted by molar-refractivity contribution is 8.52. The number of thiol groups is 1.